The van der Waals surface area contributed by atoms with Gasteiger partial charge in [-0.3, -0.25) is 0 Å². The molecule has 0 amide bonds. The fraction of sp³-hybridized carbons (Fsp3) is 0.308. The Hall–Kier alpha value is -3.50. The Morgan fingerprint density at radius 2 is 1.07 bits per heavy atom. The number of hydrogen-bond acceptors (Lipinski definition) is 4. The second kappa shape index (κ2) is 8.47. The standard InChI is InChI=1S/C26H24N2O2/c1-3-5-13-29-25-19-11-7-9-17-21(15-27)22(16-28)18-10-8-12-20(24(18)23(17)19)26(25)30-14-6-4-2/h7-12H,3-6,13-14H2,1-2H3. The normalized spacial score (nSPS) is 11.1. The molecule has 4 heteroatoms. The molecular formula is C26H24N2O2. The minimum Gasteiger partial charge on any atom is -0.489 e. The molecule has 0 radical (unpaired) electrons. The van der Waals surface area contributed by atoms with Crippen molar-refractivity contribution in [1.29, 1.82) is 10.5 Å². The number of nitriles is 2. The van der Waals surface area contributed by atoms with Crippen molar-refractivity contribution in [3.05, 3.63) is 47.5 Å². The van der Waals surface area contributed by atoms with Crippen LogP contribution in [0.4, 0.5) is 0 Å². The van der Waals surface area contributed by atoms with Crippen LogP contribution in [0.1, 0.15) is 50.7 Å². The van der Waals surface area contributed by atoms with Gasteiger partial charge < -0.3 is 9.47 Å². The van der Waals surface area contributed by atoms with Crippen LogP contribution >= 0.6 is 0 Å². The molecule has 150 valence electrons. The molecule has 4 aromatic rings. The minimum atomic E-state index is 0.419. The third-order valence-electron chi connectivity index (χ3n) is 5.58. The van der Waals surface area contributed by atoms with Gasteiger partial charge >= 0.3 is 0 Å². The van der Waals surface area contributed by atoms with Gasteiger partial charge in [0.25, 0.3) is 0 Å². The zero-order chi connectivity index (χ0) is 21.1. The van der Waals surface area contributed by atoms with E-state index in [2.05, 4.69) is 26.0 Å². The Morgan fingerprint density at radius 1 is 0.667 bits per heavy atom. The molecule has 0 atom stereocenters. The van der Waals surface area contributed by atoms with Crippen molar-refractivity contribution in [2.75, 3.05) is 13.2 Å². The van der Waals surface area contributed by atoms with E-state index in [1.54, 1.807) is 0 Å². The SMILES string of the molecule is CCCCOc1c(OCCCC)c2cccc3c(C#N)c(C#N)c4cccc1c4c32. The quantitative estimate of drug-likeness (QED) is 0.246. The summed E-state index contributed by atoms with van der Waals surface area (Å²) in [4.78, 5) is 0. The predicted octanol–water partition coefficient (Wildman–Crippen LogP) is 6.69. The maximum Gasteiger partial charge on any atom is 0.169 e. The van der Waals surface area contributed by atoms with Crippen molar-refractivity contribution in [2.45, 2.75) is 39.5 Å². The van der Waals surface area contributed by atoms with E-state index in [4.69, 9.17) is 9.47 Å². The van der Waals surface area contributed by atoms with Gasteiger partial charge in [0.1, 0.15) is 12.1 Å². The summed E-state index contributed by atoms with van der Waals surface area (Å²) in [5.41, 5.74) is 0.838. The number of unbranched alkanes of at least 4 members (excludes halogenated alkanes) is 2. The number of ether oxygens (including phenoxy) is 2. The summed E-state index contributed by atoms with van der Waals surface area (Å²) < 4.78 is 12.6. The fourth-order valence-corrected chi connectivity index (χ4v) is 4.11. The first-order valence-electron chi connectivity index (χ1n) is 10.6. The molecule has 0 bridgehead atoms. The fourth-order valence-electron chi connectivity index (χ4n) is 4.11. The van der Waals surface area contributed by atoms with E-state index in [9.17, 15) is 10.5 Å². The summed E-state index contributed by atoms with van der Waals surface area (Å²) in [5.74, 6) is 1.47. The van der Waals surface area contributed by atoms with E-state index in [0.717, 1.165) is 69.5 Å². The molecule has 0 aliphatic carbocycles. The van der Waals surface area contributed by atoms with Crippen molar-refractivity contribution < 1.29 is 9.47 Å². The smallest absolute Gasteiger partial charge is 0.169 e. The van der Waals surface area contributed by atoms with Crippen LogP contribution in [0, 0.1) is 22.7 Å². The molecule has 4 nitrogen and oxygen atoms in total. The van der Waals surface area contributed by atoms with Gasteiger partial charge in [-0.2, -0.15) is 10.5 Å². The molecule has 0 heterocycles. The van der Waals surface area contributed by atoms with Crippen LogP contribution in [0.5, 0.6) is 11.5 Å². The maximum absolute atomic E-state index is 9.85. The van der Waals surface area contributed by atoms with E-state index in [1.165, 1.54) is 0 Å². The van der Waals surface area contributed by atoms with Gasteiger partial charge in [-0.15, -0.1) is 0 Å². The highest BCUT2D eigenvalue weighted by atomic mass is 16.5. The van der Waals surface area contributed by atoms with Crippen LogP contribution < -0.4 is 9.47 Å². The van der Waals surface area contributed by atoms with Crippen LogP contribution in [0.15, 0.2) is 36.4 Å². The number of hydrogen-bond donors (Lipinski definition) is 0. The van der Waals surface area contributed by atoms with Crippen LogP contribution in [0.2, 0.25) is 0 Å². The number of benzene rings is 4. The summed E-state index contributed by atoms with van der Waals surface area (Å²) in [7, 11) is 0. The molecule has 4 rings (SSSR count). The highest BCUT2D eigenvalue weighted by Crippen LogP contribution is 2.49. The lowest BCUT2D eigenvalue weighted by atomic mass is 9.87. The number of rotatable bonds is 8. The van der Waals surface area contributed by atoms with E-state index < -0.39 is 0 Å². The average molecular weight is 396 g/mol. The molecule has 0 N–H and O–H groups in total. The van der Waals surface area contributed by atoms with Crippen molar-refractivity contribution in [3.8, 4) is 23.6 Å². The second-order valence-electron chi connectivity index (χ2n) is 7.49. The van der Waals surface area contributed by atoms with Gasteiger partial charge in [0.05, 0.1) is 24.3 Å². The van der Waals surface area contributed by atoms with Crippen molar-refractivity contribution in [2.24, 2.45) is 0 Å². The van der Waals surface area contributed by atoms with Crippen molar-refractivity contribution in [1.82, 2.24) is 0 Å². The molecule has 0 aromatic heterocycles. The summed E-state index contributed by atoms with van der Waals surface area (Å²) in [5, 5.41) is 25.1. The van der Waals surface area contributed by atoms with Gasteiger partial charge in [0, 0.05) is 32.3 Å². The molecule has 0 fully saturated rings. The molecule has 0 spiro atoms. The van der Waals surface area contributed by atoms with E-state index in [-0.39, 0.29) is 0 Å². The summed E-state index contributed by atoms with van der Waals surface area (Å²) in [6, 6.07) is 16.3. The summed E-state index contributed by atoms with van der Waals surface area (Å²) in [6.45, 7) is 5.48. The van der Waals surface area contributed by atoms with Gasteiger partial charge in [-0.05, 0) is 12.8 Å². The maximum atomic E-state index is 9.85. The lowest BCUT2D eigenvalue weighted by Crippen LogP contribution is -2.05. The Kier molecular flexibility index (Phi) is 5.59. The highest BCUT2D eigenvalue weighted by molar-refractivity contribution is 6.28. The van der Waals surface area contributed by atoms with Gasteiger partial charge in [-0.25, -0.2) is 0 Å². The first-order chi connectivity index (χ1) is 14.8. The van der Waals surface area contributed by atoms with Crippen LogP contribution in [-0.4, -0.2) is 13.2 Å². The zero-order valence-electron chi connectivity index (χ0n) is 17.4. The van der Waals surface area contributed by atoms with Gasteiger partial charge in [-0.1, -0.05) is 63.1 Å². The molecule has 30 heavy (non-hydrogen) atoms. The lowest BCUT2D eigenvalue weighted by Gasteiger charge is -2.21. The largest absolute Gasteiger partial charge is 0.489 e. The molecular weight excluding hydrogens is 372 g/mol. The topological polar surface area (TPSA) is 66.0 Å². The average Bonchev–Trinajstić information content (AvgIpc) is 2.78. The van der Waals surface area contributed by atoms with E-state index in [0.29, 0.717) is 24.3 Å². The molecule has 0 aliphatic heterocycles. The molecule has 0 aliphatic rings. The molecule has 0 saturated carbocycles. The van der Waals surface area contributed by atoms with Crippen LogP contribution in [-0.2, 0) is 0 Å². The van der Waals surface area contributed by atoms with E-state index >= 15 is 0 Å². The van der Waals surface area contributed by atoms with E-state index in [1.807, 2.05) is 36.4 Å². The first-order valence-corrected chi connectivity index (χ1v) is 10.6. The van der Waals surface area contributed by atoms with Gasteiger partial charge in [0.15, 0.2) is 11.5 Å². The Labute approximate surface area is 176 Å². The number of nitrogens with zero attached hydrogens (tertiary/aromatic N) is 2. The molecule has 4 aromatic carbocycles. The molecule has 0 saturated heterocycles. The Bertz CT molecular complexity index is 1190. The summed E-state index contributed by atoms with van der Waals surface area (Å²) in [6.07, 6.45) is 3.99. The van der Waals surface area contributed by atoms with Crippen LogP contribution in [0.3, 0.4) is 0 Å². The third kappa shape index (κ3) is 3.06. The van der Waals surface area contributed by atoms with Crippen molar-refractivity contribution in [3.63, 3.8) is 0 Å². The van der Waals surface area contributed by atoms with Crippen molar-refractivity contribution >= 4 is 32.3 Å². The minimum absolute atomic E-state index is 0.419. The predicted molar refractivity (Wildman–Crippen MR) is 120 cm³/mol. The monoisotopic (exact) mass is 396 g/mol. The Morgan fingerprint density at radius 3 is 1.43 bits per heavy atom. The second-order valence-corrected chi connectivity index (χ2v) is 7.49. The lowest BCUT2D eigenvalue weighted by molar-refractivity contribution is 0.267. The first kappa shape index (κ1) is 19.8. The summed E-state index contributed by atoms with van der Waals surface area (Å²) >= 11 is 0. The van der Waals surface area contributed by atoms with Gasteiger partial charge in [0.2, 0.25) is 0 Å². The molecule has 0 unspecified atom stereocenters. The van der Waals surface area contributed by atoms with Crippen LogP contribution in [0.25, 0.3) is 32.3 Å². The zero-order valence-corrected chi connectivity index (χ0v) is 17.4. The Balaban J connectivity index is 2.14. The third-order valence-corrected chi connectivity index (χ3v) is 5.58. The highest BCUT2D eigenvalue weighted by Gasteiger charge is 2.24.